The van der Waals surface area contributed by atoms with Gasteiger partial charge in [0.1, 0.15) is 17.6 Å². The first-order chi connectivity index (χ1) is 11.4. The molecule has 0 heterocycles. The summed E-state index contributed by atoms with van der Waals surface area (Å²) in [6.45, 7) is 5.37. The van der Waals surface area contributed by atoms with E-state index in [0.717, 1.165) is 22.6 Å². The molecule has 0 spiro atoms. The summed E-state index contributed by atoms with van der Waals surface area (Å²) in [5.74, 6) is 0.622. The molecule has 24 heavy (non-hydrogen) atoms. The van der Waals surface area contributed by atoms with Crippen LogP contribution in [-0.4, -0.2) is 25.1 Å². The van der Waals surface area contributed by atoms with Gasteiger partial charge in [0.15, 0.2) is 0 Å². The number of nitrogens with one attached hydrogen (secondary N) is 1. The molecule has 1 atom stereocenters. The molecule has 2 rings (SSSR count). The van der Waals surface area contributed by atoms with Gasteiger partial charge < -0.3 is 19.6 Å². The topological polar surface area (TPSA) is 64.6 Å². The normalized spacial score (nSPS) is 12.5. The summed E-state index contributed by atoms with van der Waals surface area (Å²) in [5.41, 5.74) is 0.159. The Hall–Kier alpha value is -2.56. The van der Waals surface area contributed by atoms with Gasteiger partial charge in [-0.1, -0.05) is 30.3 Å². The van der Waals surface area contributed by atoms with Crippen LogP contribution in [0.15, 0.2) is 36.4 Å². The lowest BCUT2D eigenvalue weighted by Gasteiger charge is -2.24. The maximum Gasteiger partial charge on any atom is 0.408 e. The Balaban J connectivity index is 2.45. The van der Waals surface area contributed by atoms with Gasteiger partial charge in [0.2, 0.25) is 0 Å². The van der Waals surface area contributed by atoms with Gasteiger partial charge in [-0.15, -0.1) is 0 Å². The molecular weight excluding hydrogens is 306 g/mol. The van der Waals surface area contributed by atoms with Crippen LogP contribution in [0.3, 0.4) is 0 Å². The molecule has 0 saturated heterocycles. The molecule has 128 valence electrons. The Kier molecular flexibility index (Phi) is 5.44. The van der Waals surface area contributed by atoms with Crippen LogP contribution in [-0.2, 0) is 9.53 Å². The van der Waals surface area contributed by atoms with Crippen molar-refractivity contribution in [1.29, 1.82) is 0 Å². The number of carbonyl (C=O) groups excluding carboxylic acids is 2. The minimum absolute atomic E-state index is 0.129. The van der Waals surface area contributed by atoms with E-state index in [9.17, 15) is 9.59 Å². The van der Waals surface area contributed by atoms with Gasteiger partial charge in [-0.05, 0) is 37.6 Å². The van der Waals surface area contributed by atoms with Gasteiger partial charge in [-0.2, -0.15) is 0 Å². The first-order valence-corrected chi connectivity index (χ1v) is 7.84. The second kappa shape index (κ2) is 7.34. The lowest BCUT2D eigenvalue weighted by molar-refractivity contribution is -0.108. The standard InChI is InChI=1S/C19H23NO4/c1-19(2,3)24-18(22)20-15(11-12-21)17-14-8-6-5-7-13(14)9-10-16(17)23-4/h5-10,12,15H,11H2,1-4H3,(H,20,22)/t15-/m0/s1. The molecule has 0 saturated carbocycles. The van der Waals surface area contributed by atoms with Crippen molar-refractivity contribution in [3.8, 4) is 5.75 Å². The molecule has 0 fully saturated rings. The minimum atomic E-state index is -0.612. The molecule has 0 unspecified atom stereocenters. The molecule has 0 aliphatic carbocycles. The summed E-state index contributed by atoms with van der Waals surface area (Å²) in [5, 5.41) is 4.72. The van der Waals surface area contributed by atoms with E-state index in [1.54, 1.807) is 27.9 Å². The molecule has 5 heteroatoms. The van der Waals surface area contributed by atoms with E-state index in [1.807, 2.05) is 36.4 Å². The summed E-state index contributed by atoms with van der Waals surface area (Å²) in [6, 6.07) is 11.0. The van der Waals surface area contributed by atoms with Gasteiger partial charge in [-0.3, -0.25) is 0 Å². The molecule has 0 aliphatic heterocycles. The van der Waals surface area contributed by atoms with Crippen molar-refractivity contribution in [2.75, 3.05) is 7.11 Å². The predicted octanol–water partition coefficient (Wildman–Crippen LogP) is 4.00. The highest BCUT2D eigenvalue weighted by Gasteiger charge is 2.24. The number of alkyl carbamates (subject to hydrolysis) is 1. The zero-order chi connectivity index (χ0) is 17.7. The van der Waals surface area contributed by atoms with Gasteiger partial charge in [-0.25, -0.2) is 4.79 Å². The summed E-state index contributed by atoms with van der Waals surface area (Å²) < 4.78 is 10.8. The van der Waals surface area contributed by atoms with Crippen molar-refractivity contribution < 1.29 is 19.1 Å². The molecule has 1 amide bonds. The maximum atomic E-state index is 12.2. The Morgan fingerprint density at radius 3 is 2.54 bits per heavy atom. The predicted molar refractivity (Wildman–Crippen MR) is 93.3 cm³/mol. The van der Waals surface area contributed by atoms with Crippen LogP contribution in [0.5, 0.6) is 5.75 Å². The lowest BCUT2D eigenvalue weighted by atomic mass is 9.96. The van der Waals surface area contributed by atoms with Crippen LogP contribution in [0.4, 0.5) is 4.79 Å². The molecule has 0 bridgehead atoms. The fourth-order valence-corrected chi connectivity index (χ4v) is 2.61. The van der Waals surface area contributed by atoms with E-state index < -0.39 is 17.7 Å². The lowest BCUT2D eigenvalue weighted by Crippen LogP contribution is -2.35. The fraction of sp³-hybridized carbons (Fsp3) is 0.368. The number of benzene rings is 2. The highest BCUT2D eigenvalue weighted by molar-refractivity contribution is 5.89. The molecule has 2 aromatic rings. The number of rotatable bonds is 5. The number of fused-ring (bicyclic) bond motifs is 1. The van der Waals surface area contributed by atoms with E-state index in [1.165, 1.54) is 0 Å². The van der Waals surface area contributed by atoms with Crippen LogP contribution in [0, 0.1) is 0 Å². The average molecular weight is 329 g/mol. The highest BCUT2D eigenvalue weighted by atomic mass is 16.6. The molecule has 1 N–H and O–H groups in total. The Bertz CT molecular complexity index is 734. The SMILES string of the molecule is COc1ccc2ccccc2c1[C@H](CC=O)NC(=O)OC(C)(C)C. The van der Waals surface area contributed by atoms with Crippen molar-refractivity contribution in [2.24, 2.45) is 0 Å². The maximum absolute atomic E-state index is 12.2. The van der Waals surface area contributed by atoms with Crippen LogP contribution in [0.2, 0.25) is 0 Å². The van der Waals surface area contributed by atoms with Crippen molar-refractivity contribution in [3.63, 3.8) is 0 Å². The van der Waals surface area contributed by atoms with Crippen molar-refractivity contribution in [1.82, 2.24) is 5.32 Å². The molecule has 0 radical (unpaired) electrons. The van der Waals surface area contributed by atoms with E-state index in [0.29, 0.717) is 5.75 Å². The number of amides is 1. The van der Waals surface area contributed by atoms with E-state index >= 15 is 0 Å². The Morgan fingerprint density at radius 2 is 1.92 bits per heavy atom. The van der Waals surface area contributed by atoms with Gasteiger partial charge in [0, 0.05) is 12.0 Å². The molecular formula is C19H23NO4. The second-order valence-electron chi connectivity index (χ2n) is 6.50. The minimum Gasteiger partial charge on any atom is -0.496 e. The highest BCUT2D eigenvalue weighted by Crippen LogP contribution is 2.34. The Morgan fingerprint density at radius 1 is 1.21 bits per heavy atom. The smallest absolute Gasteiger partial charge is 0.408 e. The average Bonchev–Trinajstić information content (AvgIpc) is 2.51. The van der Waals surface area contributed by atoms with Crippen molar-refractivity contribution in [2.45, 2.75) is 38.8 Å². The summed E-state index contributed by atoms with van der Waals surface area (Å²) in [4.78, 5) is 23.3. The molecule has 0 aliphatic rings. The van der Waals surface area contributed by atoms with Crippen LogP contribution < -0.4 is 10.1 Å². The van der Waals surface area contributed by atoms with Crippen LogP contribution in [0.25, 0.3) is 10.8 Å². The number of hydrogen-bond acceptors (Lipinski definition) is 4. The molecule has 2 aromatic carbocycles. The third-order valence-electron chi connectivity index (χ3n) is 3.52. The van der Waals surface area contributed by atoms with Crippen LogP contribution in [0.1, 0.15) is 38.8 Å². The number of hydrogen-bond donors (Lipinski definition) is 1. The first-order valence-electron chi connectivity index (χ1n) is 7.84. The fourth-order valence-electron chi connectivity index (χ4n) is 2.61. The van der Waals surface area contributed by atoms with Crippen molar-refractivity contribution in [3.05, 3.63) is 42.0 Å². The Labute approximate surface area is 141 Å². The molecule has 0 aromatic heterocycles. The van der Waals surface area contributed by atoms with Gasteiger partial charge >= 0.3 is 6.09 Å². The third kappa shape index (κ3) is 4.25. The van der Waals surface area contributed by atoms with Gasteiger partial charge in [0.05, 0.1) is 13.2 Å². The van der Waals surface area contributed by atoms with Crippen molar-refractivity contribution >= 4 is 23.2 Å². The van der Waals surface area contributed by atoms with Gasteiger partial charge in [0.25, 0.3) is 0 Å². The summed E-state index contributed by atoms with van der Waals surface area (Å²) >= 11 is 0. The van der Waals surface area contributed by atoms with E-state index in [4.69, 9.17) is 9.47 Å². The zero-order valence-corrected chi connectivity index (χ0v) is 14.5. The largest absolute Gasteiger partial charge is 0.496 e. The molecule has 5 nitrogen and oxygen atoms in total. The quantitative estimate of drug-likeness (QED) is 0.842. The monoisotopic (exact) mass is 329 g/mol. The van der Waals surface area contributed by atoms with E-state index in [-0.39, 0.29) is 6.42 Å². The third-order valence-corrected chi connectivity index (χ3v) is 3.52. The first kappa shape index (κ1) is 17.8. The number of carbonyl (C=O) groups is 2. The summed E-state index contributed by atoms with van der Waals surface area (Å²) in [7, 11) is 1.57. The number of methoxy groups -OCH3 is 1. The van der Waals surface area contributed by atoms with E-state index in [2.05, 4.69) is 5.32 Å². The van der Waals surface area contributed by atoms with Crippen LogP contribution >= 0.6 is 0 Å². The number of ether oxygens (including phenoxy) is 2. The number of aldehydes is 1. The zero-order valence-electron chi connectivity index (χ0n) is 14.5. The second-order valence-corrected chi connectivity index (χ2v) is 6.50. The summed E-state index contributed by atoms with van der Waals surface area (Å²) in [6.07, 6.45) is 0.344.